The van der Waals surface area contributed by atoms with Gasteiger partial charge < -0.3 is 15.5 Å². The average Bonchev–Trinajstić information content (AvgIpc) is 2.25. The molecule has 0 aromatic heterocycles. The number of carboxylic acid groups (broad SMARTS) is 2. The van der Waals surface area contributed by atoms with Crippen molar-refractivity contribution in [2.75, 3.05) is 0 Å². The lowest BCUT2D eigenvalue weighted by atomic mass is 10.1. The van der Waals surface area contributed by atoms with Crippen LogP contribution >= 0.6 is 0 Å². The number of carbonyl (C=O) groups excluding carboxylic acids is 1. The van der Waals surface area contributed by atoms with Crippen LogP contribution in [0.4, 0.5) is 0 Å². The highest BCUT2D eigenvalue weighted by Gasteiger charge is 2.22. The van der Waals surface area contributed by atoms with Gasteiger partial charge in [-0.1, -0.05) is 30.3 Å². The van der Waals surface area contributed by atoms with Crippen molar-refractivity contribution >= 4 is 17.8 Å². The molecule has 6 heteroatoms. The van der Waals surface area contributed by atoms with Gasteiger partial charge in [-0.25, -0.2) is 4.79 Å². The van der Waals surface area contributed by atoms with Crippen LogP contribution in [0.25, 0.3) is 0 Å². The summed E-state index contributed by atoms with van der Waals surface area (Å²) in [4.78, 5) is 32.4. The van der Waals surface area contributed by atoms with Crippen molar-refractivity contribution in [3.63, 3.8) is 0 Å². The largest absolute Gasteiger partial charge is 0.481 e. The minimum Gasteiger partial charge on any atom is -0.481 e. The molecule has 0 aliphatic rings. The zero-order valence-corrected chi connectivity index (χ0v) is 8.79. The number of hydrogen-bond donors (Lipinski definition) is 3. The summed E-state index contributed by atoms with van der Waals surface area (Å²) in [5.74, 6) is -3.39. The van der Waals surface area contributed by atoms with E-state index < -0.39 is 30.3 Å². The van der Waals surface area contributed by atoms with Crippen molar-refractivity contribution in [3.8, 4) is 0 Å². The van der Waals surface area contributed by atoms with E-state index in [4.69, 9.17) is 10.2 Å². The van der Waals surface area contributed by atoms with E-state index in [1.807, 2.05) is 0 Å². The molecule has 0 heterocycles. The number of carbonyl (C=O) groups is 3. The van der Waals surface area contributed by atoms with Crippen LogP contribution in [-0.4, -0.2) is 28.1 Å². The van der Waals surface area contributed by atoms with E-state index in [2.05, 4.69) is 5.32 Å². The number of benzene rings is 1. The molecule has 1 rings (SSSR count). The lowest BCUT2D eigenvalue weighted by Gasteiger charge is -2.13. The maximum atomic E-state index is 11.2. The van der Waals surface area contributed by atoms with Gasteiger partial charge in [0.1, 0.15) is 6.42 Å². The maximum absolute atomic E-state index is 11.2. The lowest BCUT2D eigenvalue weighted by molar-refractivity contribution is -0.145. The number of nitrogens with one attached hydrogen (secondary N) is 1. The zero-order chi connectivity index (χ0) is 12.8. The average molecular weight is 237 g/mol. The van der Waals surface area contributed by atoms with E-state index >= 15 is 0 Å². The molecule has 0 fully saturated rings. The molecule has 1 amide bonds. The van der Waals surface area contributed by atoms with E-state index in [0.717, 1.165) is 0 Å². The summed E-state index contributed by atoms with van der Waals surface area (Å²) in [5, 5.41) is 19.5. The molecule has 1 unspecified atom stereocenters. The number of hydrogen-bond acceptors (Lipinski definition) is 3. The molecule has 90 valence electrons. The first-order valence-electron chi connectivity index (χ1n) is 4.79. The first-order chi connectivity index (χ1) is 8.00. The Kier molecular flexibility index (Phi) is 4.21. The van der Waals surface area contributed by atoms with Crippen molar-refractivity contribution in [1.82, 2.24) is 5.32 Å². The van der Waals surface area contributed by atoms with Crippen molar-refractivity contribution in [2.45, 2.75) is 12.5 Å². The van der Waals surface area contributed by atoms with Crippen LogP contribution in [0.2, 0.25) is 0 Å². The lowest BCUT2D eigenvalue weighted by Crippen LogP contribution is -2.34. The minimum atomic E-state index is -1.31. The SMILES string of the molecule is O=C(O)CC(=O)NC(C(=O)O)c1ccccc1. The van der Waals surface area contributed by atoms with Crippen LogP contribution in [0.15, 0.2) is 30.3 Å². The van der Waals surface area contributed by atoms with E-state index in [9.17, 15) is 14.4 Å². The Morgan fingerprint density at radius 3 is 2.18 bits per heavy atom. The predicted molar refractivity (Wildman–Crippen MR) is 57.2 cm³/mol. The number of aliphatic carboxylic acids is 2. The van der Waals surface area contributed by atoms with Gasteiger partial charge in [0.05, 0.1) is 0 Å². The van der Waals surface area contributed by atoms with Crippen LogP contribution in [-0.2, 0) is 14.4 Å². The maximum Gasteiger partial charge on any atom is 0.330 e. The summed E-state index contributed by atoms with van der Waals surface area (Å²) >= 11 is 0. The smallest absolute Gasteiger partial charge is 0.330 e. The molecule has 1 aromatic carbocycles. The topological polar surface area (TPSA) is 104 Å². The van der Waals surface area contributed by atoms with Crippen molar-refractivity contribution < 1.29 is 24.6 Å². The second kappa shape index (κ2) is 5.64. The monoisotopic (exact) mass is 237 g/mol. The second-order valence-corrected chi connectivity index (χ2v) is 3.32. The highest BCUT2D eigenvalue weighted by atomic mass is 16.4. The Hall–Kier alpha value is -2.37. The van der Waals surface area contributed by atoms with Crippen molar-refractivity contribution in [2.24, 2.45) is 0 Å². The molecular weight excluding hydrogens is 226 g/mol. The molecule has 1 atom stereocenters. The van der Waals surface area contributed by atoms with Gasteiger partial charge in [0.2, 0.25) is 5.91 Å². The summed E-state index contributed by atoms with van der Waals surface area (Å²) in [5.41, 5.74) is 0.388. The number of rotatable bonds is 5. The summed E-state index contributed by atoms with van der Waals surface area (Å²) in [6, 6.07) is 6.83. The Morgan fingerprint density at radius 2 is 1.71 bits per heavy atom. The molecule has 1 aromatic rings. The molecule has 0 spiro atoms. The predicted octanol–water partition coefficient (Wildman–Crippen LogP) is 0.403. The van der Waals surface area contributed by atoms with E-state index in [0.29, 0.717) is 5.56 Å². The molecule has 0 bridgehead atoms. The van der Waals surface area contributed by atoms with Crippen LogP contribution < -0.4 is 5.32 Å². The van der Waals surface area contributed by atoms with Gasteiger partial charge in [0.15, 0.2) is 6.04 Å². The third-order valence-corrected chi connectivity index (χ3v) is 2.00. The number of amides is 1. The van der Waals surface area contributed by atoms with Gasteiger partial charge >= 0.3 is 11.9 Å². The van der Waals surface area contributed by atoms with Gasteiger partial charge in [-0.05, 0) is 5.56 Å². The van der Waals surface area contributed by atoms with Crippen LogP contribution in [0.1, 0.15) is 18.0 Å². The fraction of sp³-hybridized carbons (Fsp3) is 0.182. The van der Waals surface area contributed by atoms with Gasteiger partial charge in [0, 0.05) is 0 Å². The molecular formula is C11H11NO5. The van der Waals surface area contributed by atoms with E-state index in [1.54, 1.807) is 30.3 Å². The Morgan fingerprint density at radius 1 is 1.12 bits per heavy atom. The van der Waals surface area contributed by atoms with Gasteiger partial charge in [-0.15, -0.1) is 0 Å². The third kappa shape index (κ3) is 3.94. The minimum absolute atomic E-state index is 0.388. The summed E-state index contributed by atoms with van der Waals surface area (Å²) in [7, 11) is 0. The third-order valence-electron chi connectivity index (χ3n) is 2.00. The molecule has 0 aliphatic heterocycles. The van der Waals surface area contributed by atoms with E-state index in [1.165, 1.54) is 0 Å². The van der Waals surface area contributed by atoms with Crippen molar-refractivity contribution in [1.29, 1.82) is 0 Å². The van der Waals surface area contributed by atoms with Crippen molar-refractivity contribution in [3.05, 3.63) is 35.9 Å². The van der Waals surface area contributed by atoms with Gasteiger partial charge in [-0.2, -0.15) is 0 Å². The Balaban J connectivity index is 2.78. The Bertz CT molecular complexity index is 429. The summed E-state index contributed by atoms with van der Waals surface area (Å²) in [6.07, 6.45) is -0.753. The highest BCUT2D eigenvalue weighted by Crippen LogP contribution is 2.12. The quantitative estimate of drug-likeness (QED) is 0.643. The molecule has 6 nitrogen and oxygen atoms in total. The standard InChI is InChI=1S/C11H11NO5/c13-8(6-9(14)15)12-10(11(16)17)7-4-2-1-3-5-7/h1-5,10H,6H2,(H,12,13)(H,14,15)(H,16,17). The van der Waals surface area contributed by atoms with Crippen LogP contribution in [0.5, 0.6) is 0 Å². The van der Waals surface area contributed by atoms with E-state index in [-0.39, 0.29) is 0 Å². The van der Waals surface area contributed by atoms with Crippen LogP contribution in [0.3, 0.4) is 0 Å². The first-order valence-corrected chi connectivity index (χ1v) is 4.79. The Labute approximate surface area is 96.9 Å². The first kappa shape index (κ1) is 12.7. The molecule has 0 radical (unpaired) electrons. The fourth-order valence-corrected chi connectivity index (χ4v) is 1.28. The summed E-state index contributed by atoms with van der Waals surface area (Å²) in [6.45, 7) is 0. The molecule has 0 saturated heterocycles. The molecule has 0 saturated carbocycles. The number of carboxylic acids is 2. The molecule has 3 N–H and O–H groups in total. The van der Waals surface area contributed by atoms with Gasteiger partial charge in [0.25, 0.3) is 0 Å². The zero-order valence-electron chi connectivity index (χ0n) is 8.79. The summed E-state index contributed by atoms with van der Waals surface area (Å²) < 4.78 is 0. The molecule has 0 aliphatic carbocycles. The second-order valence-electron chi connectivity index (χ2n) is 3.32. The van der Waals surface area contributed by atoms with Gasteiger partial charge in [-0.3, -0.25) is 9.59 Å². The highest BCUT2D eigenvalue weighted by molar-refractivity contribution is 5.95. The molecule has 17 heavy (non-hydrogen) atoms. The normalized spacial score (nSPS) is 11.5. The van der Waals surface area contributed by atoms with Crippen LogP contribution in [0, 0.1) is 0 Å². The fourth-order valence-electron chi connectivity index (χ4n) is 1.28.